The molecule has 0 aromatic heterocycles. The highest BCUT2D eigenvalue weighted by molar-refractivity contribution is 7.90. The third kappa shape index (κ3) is 6.73. The van der Waals surface area contributed by atoms with Gasteiger partial charge in [0.1, 0.15) is 0 Å². The Morgan fingerprint density at radius 2 is 2.05 bits per heavy atom. The Bertz CT molecular complexity index is 424. The number of sulfonamides is 1. The van der Waals surface area contributed by atoms with Crippen LogP contribution in [0.4, 0.5) is 13.2 Å². The third-order valence-corrected chi connectivity index (χ3v) is 3.91. The Hall–Kier alpha value is -0.870. The van der Waals surface area contributed by atoms with Crippen LogP contribution in [-0.4, -0.2) is 62.5 Å². The van der Waals surface area contributed by atoms with Crippen molar-refractivity contribution in [1.29, 1.82) is 0 Å². The number of nitrogens with zero attached hydrogens (tertiary/aromatic N) is 1. The molecule has 19 heavy (non-hydrogen) atoms. The highest BCUT2D eigenvalue weighted by Crippen LogP contribution is 2.22. The van der Waals surface area contributed by atoms with Crippen LogP contribution in [0.5, 0.6) is 0 Å². The van der Waals surface area contributed by atoms with E-state index in [4.69, 9.17) is 5.11 Å². The summed E-state index contributed by atoms with van der Waals surface area (Å²) < 4.78 is 60.9. The molecule has 0 radical (unpaired) electrons. The lowest BCUT2D eigenvalue weighted by atomic mass is 10.1. The first-order valence-electron chi connectivity index (χ1n) is 5.55. The second-order valence-electron chi connectivity index (χ2n) is 4.51. The van der Waals surface area contributed by atoms with Crippen LogP contribution in [0.25, 0.3) is 0 Å². The lowest BCUT2D eigenvalue weighted by molar-refractivity contribution is -0.143. The summed E-state index contributed by atoms with van der Waals surface area (Å²) in [5.74, 6) is -2.74. The van der Waals surface area contributed by atoms with Gasteiger partial charge in [-0.1, -0.05) is 0 Å². The smallest absolute Gasteiger partial charge is 0.401 e. The summed E-state index contributed by atoms with van der Waals surface area (Å²) in [6.07, 6.45) is -3.82. The molecule has 0 saturated carbocycles. The molecule has 1 saturated heterocycles. The summed E-state index contributed by atoms with van der Waals surface area (Å²) in [5, 5.41) is 8.36. The van der Waals surface area contributed by atoms with Crippen LogP contribution in [0.1, 0.15) is 6.42 Å². The maximum Gasteiger partial charge on any atom is 0.401 e. The summed E-state index contributed by atoms with van der Waals surface area (Å²) in [7, 11) is -3.91. The molecule has 1 heterocycles. The summed E-state index contributed by atoms with van der Waals surface area (Å²) in [6.45, 7) is -0.644. The molecule has 1 fully saturated rings. The second-order valence-corrected chi connectivity index (χ2v) is 6.31. The van der Waals surface area contributed by atoms with E-state index in [9.17, 15) is 26.4 Å². The van der Waals surface area contributed by atoms with E-state index in [0.29, 0.717) is 6.42 Å². The van der Waals surface area contributed by atoms with Crippen molar-refractivity contribution in [3.8, 4) is 0 Å². The van der Waals surface area contributed by atoms with Crippen LogP contribution in [-0.2, 0) is 14.8 Å². The summed E-state index contributed by atoms with van der Waals surface area (Å²) in [4.78, 5) is 11.5. The Morgan fingerprint density at radius 3 is 2.58 bits per heavy atom. The van der Waals surface area contributed by atoms with E-state index < -0.39 is 34.5 Å². The van der Waals surface area contributed by atoms with Crippen molar-refractivity contribution in [2.75, 3.05) is 31.9 Å². The van der Waals surface area contributed by atoms with Crippen molar-refractivity contribution in [3.05, 3.63) is 0 Å². The molecule has 0 aromatic rings. The second kappa shape index (κ2) is 6.06. The topological polar surface area (TPSA) is 86.7 Å². The molecule has 1 aliphatic heterocycles. The Morgan fingerprint density at radius 1 is 1.42 bits per heavy atom. The van der Waals surface area contributed by atoms with E-state index in [1.807, 2.05) is 0 Å². The number of aliphatic carboxylic acids is 1. The van der Waals surface area contributed by atoms with Crippen LogP contribution in [0, 0.1) is 5.92 Å². The van der Waals surface area contributed by atoms with E-state index in [1.165, 1.54) is 4.90 Å². The van der Waals surface area contributed by atoms with Crippen LogP contribution >= 0.6 is 0 Å². The minimum absolute atomic E-state index is 0.0377. The number of rotatable bonds is 6. The van der Waals surface area contributed by atoms with E-state index in [-0.39, 0.29) is 25.6 Å². The monoisotopic (exact) mass is 304 g/mol. The molecule has 6 nitrogen and oxygen atoms in total. The van der Waals surface area contributed by atoms with E-state index >= 15 is 0 Å². The first-order chi connectivity index (χ1) is 8.57. The number of nitrogens with one attached hydrogen (secondary N) is 1. The van der Waals surface area contributed by atoms with Gasteiger partial charge in [-0.15, -0.1) is 0 Å². The van der Waals surface area contributed by atoms with Crippen molar-refractivity contribution in [2.45, 2.75) is 12.6 Å². The van der Waals surface area contributed by atoms with Crippen molar-refractivity contribution < 1.29 is 31.5 Å². The Balaban J connectivity index is 2.35. The molecule has 1 atom stereocenters. The maximum atomic E-state index is 12.1. The van der Waals surface area contributed by atoms with Crippen molar-refractivity contribution in [2.24, 2.45) is 5.92 Å². The molecule has 112 valence electrons. The lowest BCUT2D eigenvalue weighted by Crippen LogP contribution is -2.36. The molecule has 10 heteroatoms. The van der Waals surface area contributed by atoms with Gasteiger partial charge in [0, 0.05) is 13.1 Å². The third-order valence-electron chi connectivity index (χ3n) is 2.68. The van der Waals surface area contributed by atoms with Crippen LogP contribution in [0.2, 0.25) is 0 Å². The van der Waals surface area contributed by atoms with Crippen molar-refractivity contribution in [3.63, 3.8) is 0 Å². The molecule has 0 spiro atoms. The molecule has 0 bridgehead atoms. The highest BCUT2D eigenvalue weighted by Gasteiger charge is 2.34. The molecule has 0 aliphatic carbocycles. The number of carbonyl (C=O) groups is 1. The average molecular weight is 304 g/mol. The number of hydrogen-bond donors (Lipinski definition) is 2. The first-order valence-corrected chi connectivity index (χ1v) is 7.21. The van der Waals surface area contributed by atoms with Crippen molar-refractivity contribution in [1.82, 2.24) is 9.62 Å². The zero-order valence-electron chi connectivity index (χ0n) is 9.98. The van der Waals surface area contributed by atoms with Crippen molar-refractivity contribution >= 4 is 16.0 Å². The molecular weight excluding hydrogens is 289 g/mol. The molecule has 2 N–H and O–H groups in total. The maximum absolute atomic E-state index is 12.1. The largest absolute Gasteiger partial charge is 0.480 e. The van der Waals surface area contributed by atoms with Gasteiger partial charge in [0.05, 0.1) is 6.54 Å². The summed E-state index contributed by atoms with van der Waals surface area (Å²) in [5.41, 5.74) is 0. The standard InChI is InChI=1S/C9H15F3N2O4S/c10-9(11,12)6-14-2-1-7(4-14)3-13-19(17,18)5-8(15)16/h7,13H,1-6H2,(H,15,16). The number of carboxylic acids is 1. The van der Waals surface area contributed by atoms with Gasteiger partial charge >= 0.3 is 12.1 Å². The fourth-order valence-electron chi connectivity index (χ4n) is 1.94. The van der Waals surface area contributed by atoms with Crippen LogP contribution < -0.4 is 4.72 Å². The molecular formula is C9H15F3N2O4S. The van der Waals surface area contributed by atoms with Crippen LogP contribution in [0.3, 0.4) is 0 Å². The van der Waals surface area contributed by atoms with Gasteiger partial charge in [0.25, 0.3) is 0 Å². The van der Waals surface area contributed by atoms with Gasteiger partial charge in [-0.3, -0.25) is 9.69 Å². The molecule has 0 amide bonds. The lowest BCUT2D eigenvalue weighted by Gasteiger charge is -2.17. The molecule has 1 aliphatic rings. The predicted octanol–water partition coefficient (Wildman–Crippen LogP) is -0.125. The fraction of sp³-hybridized carbons (Fsp3) is 0.889. The molecule has 1 rings (SSSR count). The summed E-state index contributed by atoms with van der Waals surface area (Å²) >= 11 is 0. The summed E-state index contributed by atoms with van der Waals surface area (Å²) in [6, 6.07) is 0. The van der Waals surface area contributed by atoms with Gasteiger partial charge in [0.15, 0.2) is 5.75 Å². The van der Waals surface area contributed by atoms with Gasteiger partial charge in [-0.05, 0) is 18.9 Å². The number of carboxylic acid groups (broad SMARTS) is 1. The quantitative estimate of drug-likeness (QED) is 0.714. The first kappa shape index (κ1) is 16.2. The predicted molar refractivity (Wildman–Crippen MR) is 60.0 cm³/mol. The molecule has 1 unspecified atom stereocenters. The number of hydrogen-bond acceptors (Lipinski definition) is 4. The minimum atomic E-state index is -4.27. The highest BCUT2D eigenvalue weighted by atomic mass is 32.2. The number of halogens is 3. The Labute approximate surface area is 108 Å². The van der Waals surface area contributed by atoms with Crippen LogP contribution in [0.15, 0.2) is 0 Å². The van der Waals surface area contributed by atoms with E-state index in [0.717, 1.165) is 0 Å². The minimum Gasteiger partial charge on any atom is -0.480 e. The number of alkyl halides is 3. The molecule has 0 aromatic carbocycles. The van der Waals surface area contributed by atoms with E-state index in [1.54, 1.807) is 0 Å². The van der Waals surface area contributed by atoms with Gasteiger partial charge in [-0.25, -0.2) is 13.1 Å². The van der Waals surface area contributed by atoms with Gasteiger partial charge < -0.3 is 5.11 Å². The average Bonchev–Trinajstić information content (AvgIpc) is 2.58. The fourth-order valence-corrected chi connectivity index (χ4v) is 2.85. The zero-order valence-corrected chi connectivity index (χ0v) is 10.8. The normalized spacial score (nSPS) is 21.7. The number of likely N-dealkylation sites (tertiary alicyclic amines) is 1. The zero-order chi connectivity index (χ0) is 14.7. The Kier molecular flexibility index (Phi) is 5.16. The van der Waals surface area contributed by atoms with E-state index in [2.05, 4.69) is 4.72 Å². The van der Waals surface area contributed by atoms with Gasteiger partial charge in [0.2, 0.25) is 10.0 Å². The van der Waals surface area contributed by atoms with Gasteiger partial charge in [-0.2, -0.15) is 13.2 Å². The SMILES string of the molecule is O=C(O)CS(=O)(=O)NCC1CCN(CC(F)(F)F)C1.